The summed E-state index contributed by atoms with van der Waals surface area (Å²) in [7, 11) is 0. The SMILES string of the molecule is CC1=CC=C(OCCN2CCCC2)CC=C1. The van der Waals surface area contributed by atoms with Crippen LogP contribution in [0, 0.1) is 0 Å². The molecule has 0 amide bonds. The number of hydrogen-bond acceptors (Lipinski definition) is 2. The van der Waals surface area contributed by atoms with E-state index in [2.05, 4.69) is 36.1 Å². The highest BCUT2D eigenvalue weighted by molar-refractivity contribution is 5.27. The van der Waals surface area contributed by atoms with Crippen LogP contribution >= 0.6 is 0 Å². The summed E-state index contributed by atoms with van der Waals surface area (Å²) < 4.78 is 5.80. The first-order valence-electron chi connectivity index (χ1n) is 6.24. The monoisotopic (exact) mass is 219 g/mol. The highest BCUT2D eigenvalue weighted by Gasteiger charge is 2.10. The standard InChI is InChI=1S/C14H21NO/c1-13-5-4-6-14(8-7-13)16-12-11-15-9-2-3-10-15/h4-5,7-8H,2-3,6,9-12H2,1H3. The molecular weight excluding hydrogens is 198 g/mol. The van der Waals surface area contributed by atoms with Gasteiger partial charge in [0.05, 0.1) is 5.76 Å². The van der Waals surface area contributed by atoms with Crippen molar-refractivity contribution in [2.45, 2.75) is 26.2 Å². The molecule has 88 valence electrons. The van der Waals surface area contributed by atoms with Crippen LogP contribution in [0.1, 0.15) is 26.2 Å². The third-order valence-corrected chi connectivity index (χ3v) is 3.13. The number of allylic oxidation sites excluding steroid dienone is 5. The smallest absolute Gasteiger partial charge is 0.100 e. The minimum absolute atomic E-state index is 0.826. The molecule has 2 rings (SSSR count). The molecule has 0 unspecified atom stereocenters. The lowest BCUT2D eigenvalue weighted by molar-refractivity contribution is 0.168. The second-order valence-corrected chi connectivity index (χ2v) is 4.55. The normalized spacial score (nSPS) is 21.6. The maximum atomic E-state index is 5.80. The zero-order valence-corrected chi connectivity index (χ0v) is 10.1. The van der Waals surface area contributed by atoms with Gasteiger partial charge in [-0.15, -0.1) is 0 Å². The lowest BCUT2D eigenvalue weighted by Gasteiger charge is -2.15. The van der Waals surface area contributed by atoms with E-state index < -0.39 is 0 Å². The summed E-state index contributed by atoms with van der Waals surface area (Å²) in [6, 6.07) is 0. The van der Waals surface area contributed by atoms with E-state index in [-0.39, 0.29) is 0 Å². The van der Waals surface area contributed by atoms with Crippen LogP contribution in [-0.4, -0.2) is 31.1 Å². The van der Waals surface area contributed by atoms with Gasteiger partial charge in [0.2, 0.25) is 0 Å². The Morgan fingerprint density at radius 2 is 2.06 bits per heavy atom. The van der Waals surface area contributed by atoms with Gasteiger partial charge in [0.25, 0.3) is 0 Å². The molecule has 1 heterocycles. The van der Waals surface area contributed by atoms with Gasteiger partial charge in [-0.25, -0.2) is 0 Å². The molecule has 2 nitrogen and oxygen atoms in total. The van der Waals surface area contributed by atoms with Gasteiger partial charge in [-0.1, -0.05) is 23.8 Å². The first kappa shape index (κ1) is 11.5. The van der Waals surface area contributed by atoms with Crippen molar-refractivity contribution in [3.05, 3.63) is 35.6 Å². The zero-order valence-electron chi connectivity index (χ0n) is 10.1. The molecule has 0 saturated carbocycles. The molecule has 0 radical (unpaired) electrons. The van der Waals surface area contributed by atoms with E-state index in [1.165, 1.54) is 31.5 Å². The van der Waals surface area contributed by atoms with Gasteiger partial charge >= 0.3 is 0 Å². The summed E-state index contributed by atoms with van der Waals surface area (Å²) in [5, 5.41) is 0. The van der Waals surface area contributed by atoms with Gasteiger partial charge in [-0.05, 0) is 38.9 Å². The molecule has 0 aromatic rings. The molecule has 0 atom stereocenters. The topological polar surface area (TPSA) is 12.5 Å². The third kappa shape index (κ3) is 3.53. The minimum atomic E-state index is 0.826. The highest BCUT2D eigenvalue weighted by atomic mass is 16.5. The molecule has 1 aliphatic heterocycles. The van der Waals surface area contributed by atoms with Crippen molar-refractivity contribution in [3.63, 3.8) is 0 Å². The molecule has 1 saturated heterocycles. The van der Waals surface area contributed by atoms with Gasteiger partial charge in [0.1, 0.15) is 6.61 Å². The molecule has 0 aromatic heterocycles. The molecule has 2 aliphatic rings. The number of rotatable bonds is 4. The van der Waals surface area contributed by atoms with Crippen molar-refractivity contribution in [3.8, 4) is 0 Å². The zero-order chi connectivity index (χ0) is 11.2. The molecule has 0 aromatic carbocycles. The van der Waals surface area contributed by atoms with Crippen LogP contribution < -0.4 is 0 Å². The Hall–Kier alpha value is -1.02. The van der Waals surface area contributed by atoms with Gasteiger partial charge in [-0.3, -0.25) is 4.90 Å². The fourth-order valence-electron chi connectivity index (χ4n) is 2.13. The summed E-state index contributed by atoms with van der Waals surface area (Å²) in [4.78, 5) is 2.48. The van der Waals surface area contributed by atoms with Crippen LogP contribution in [0.25, 0.3) is 0 Å². The summed E-state index contributed by atoms with van der Waals surface area (Å²) in [6.07, 6.45) is 12.2. The largest absolute Gasteiger partial charge is 0.496 e. The maximum absolute atomic E-state index is 5.80. The molecule has 1 aliphatic carbocycles. The van der Waals surface area contributed by atoms with Crippen molar-refractivity contribution in [2.75, 3.05) is 26.2 Å². The average molecular weight is 219 g/mol. The van der Waals surface area contributed by atoms with Crippen molar-refractivity contribution in [1.29, 1.82) is 0 Å². The Morgan fingerprint density at radius 3 is 2.88 bits per heavy atom. The summed E-state index contributed by atoms with van der Waals surface area (Å²) in [5.74, 6) is 1.09. The van der Waals surface area contributed by atoms with Crippen molar-refractivity contribution < 1.29 is 4.74 Å². The summed E-state index contributed by atoms with van der Waals surface area (Å²) in [5.41, 5.74) is 1.29. The second-order valence-electron chi connectivity index (χ2n) is 4.55. The van der Waals surface area contributed by atoms with Crippen LogP contribution in [-0.2, 0) is 4.74 Å². The molecule has 1 fully saturated rings. The van der Waals surface area contributed by atoms with Crippen LogP contribution in [0.2, 0.25) is 0 Å². The molecule has 16 heavy (non-hydrogen) atoms. The summed E-state index contributed by atoms with van der Waals surface area (Å²) >= 11 is 0. The Morgan fingerprint density at radius 1 is 1.25 bits per heavy atom. The third-order valence-electron chi connectivity index (χ3n) is 3.13. The second kappa shape index (κ2) is 5.90. The first-order chi connectivity index (χ1) is 7.84. The van der Waals surface area contributed by atoms with Crippen LogP contribution in [0.5, 0.6) is 0 Å². The fraction of sp³-hybridized carbons (Fsp3) is 0.571. The highest BCUT2D eigenvalue weighted by Crippen LogP contribution is 2.12. The van der Waals surface area contributed by atoms with Crippen molar-refractivity contribution in [2.24, 2.45) is 0 Å². The van der Waals surface area contributed by atoms with Crippen LogP contribution in [0.15, 0.2) is 35.6 Å². The Balaban J connectivity index is 1.71. The molecule has 2 heteroatoms. The van der Waals surface area contributed by atoms with E-state index in [1.807, 2.05) is 0 Å². The van der Waals surface area contributed by atoms with E-state index in [0.717, 1.165) is 25.3 Å². The Labute approximate surface area is 98.3 Å². The van der Waals surface area contributed by atoms with E-state index in [1.54, 1.807) is 0 Å². The quantitative estimate of drug-likeness (QED) is 0.721. The van der Waals surface area contributed by atoms with E-state index in [4.69, 9.17) is 4.74 Å². The fourth-order valence-corrected chi connectivity index (χ4v) is 2.13. The van der Waals surface area contributed by atoms with Gasteiger partial charge in [0.15, 0.2) is 0 Å². The molecular formula is C14H21NO. The van der Waals surface area contributed by atoms with E-state index in [9.17, 15) is 0 Å². The van der Waals surface area contributed by atoms with Gasteiger partial charge in [0, 0.05) is 13.0 Å². The lowest BCUT2D eigenvalue weighted by atomic mass is 10.3. The maximum Gasteiger partial charge on any atom is 0.100 e. The number of hydrogen-bond donors (Lipinski definition) is 0. The predicted molar refractivity (Wildman–Crippen MR) is 67.2 cm³/mol. The van der Waals surface area contributed by atoms with Crippen molar-refractivity contribution in [1.82, 2.24) is 4.90 Å². The first-order valence-corrected chi connectivity index (χ1v) is 6.24. The Bertz CT molecular complexity index is 309. The number of likely N-dealkylation sites (tertiary alicyclic amines) is 1. The van der Waals surface area contributed by atoms with Gasteiger partial charge in [-0.2, -0.15) is 0 Å². The van der Waals surface area contributed by atoms with E-state index >= 15 is 0 Å². The molecule has 0 bridgehead atoms. The summed E-state index contributed by atoms with van der Waals surface area (Å²) in [6.45, 7) is 6.51. The predicted octanol–water partition coefficient (Wildman–Crippen LogP) is 2.89. The van der Waals surface area contributed by atoms with E-state index in [0.29, 0.717) is 0 Å². The van der Waals surface area contributed by atoms with Gasteiger partial charge < -0.3 is 4.74 Å². The molecule has 0 spiro atoms. The van der Waals surface area contributed by atoms with Crippen molar-refractivity contribution >= 4 is 0 Å². The number of nitrogens with zero attached hydrogens (tertiary/aromatic N) is 1. The minimum Gasteiger partial charge on any atom is -0.496 e. The van der Waals surface area contributed by atoms with Crippen LogP contribution in [0.4, 0.5) is 0 Å². The Kier molecular flexibility index (Phi) is 4.23. The molecule has 0 N–H and O–H groups in total. The lowest BCUT2D eigenvalue weighted by Crippen LogP contribution is -2.23. The van der Waals surface area contributed by atoms with Crippen LogP contribution in [0.3, 0.4) is 0 Å². The average Bonchev–Trinajstić information content (AvgIpc) is 2.70. The number of ether oxygens (including phenoxy) is 1.